The lowest BCUT2D eigenvalue weighted by atomic mass is 10.00. The number of likely N-dealkylation sites (tertiary alicyclic amines) is 1. The highest BCUT2D eigenvalue weighted by Gasteiger charge is 2.55. The van der Waals surface area contributed by atoms with Crippen molar-refractivity contribution in [2.45, 2.75) is 102 Å². The minimum Gasteiger partial charge on any atom is -0.303 e. The van der Waals surface area contributed by atoms with E-state index >= 15 is 0 Å². The van der Waals surface area contributed by atoms with Gasteiger partial charge >= 0.3 is 31.1 Å². The smallest absolute Gasteiger partial charge is 0.303 e. The molecule has 1 atom stereocenters. The largest absolute Gasteiger partial charge is 0.512 e. The zero-order chi connectivity index (χ0) is 26.5. The van der Waals surface area contributed by atoms with E-state index in [0.29, 0.717) is 0 Å². The van der Waals surface area contributed by atoms with Gasteiger partial charge in [0.05, 0.1) is 0 Å². The van der Waals surface area contributed by atoms with E-state index in [1.54, 1.807) is 0 Å². The van der Waals surface area contributed by atoms with Crippen molar-refractivity contribution in [3.8, 4) is 0 Å². The summed E-state index contributed by atoms with van der Waals surface area (Å²) in [5, 5.41) is 0. The second-order valence-electron chi connectivity index (χ2n) is 8.71. The van der Waals surface area contributed by atoms with Gasteiger partial charge in [0, 0.05) is 6.54 Å². The van der Waals surface area contributed by atoms with Gasteiger partial charge in [-0.1, -0.05) is 75.8 Å². The average molecular weight is 549 g/mol. The van der Waals surface area contributed by atoms with E-state index in [2.05, 4.69) is 18.7 Å². The third-order valence-electron chi connectivity index (χ3n) is 5.40. The number of halogens is 6. The molecule has 14 heteroatoms. The molecule has 0 aromatic heterocycles. The van der Waals surface area contributed by atoms with Crippen LogP contribution in [0.1, 0.15) is 90.9 Å². The van der Waals surface area contributed by atoms with Crippen molar-refractivity contribution in [2.75, 3.05) is 19.6 Å². The molecule has 1 heterocycles. The molecule has 0 amide bonds. The van der Waals surface area contributed by atoms with E-state index in [1.165, 1.54) is 96.7 Å². The van der Waals surface area contributed by atoms with E-state index in [-0.39, 0.29) is 0 Å². The lowest BCUT2D eigenvalue weighted by molar-refractivity contribution is -0.0476. The molecule has 0 aliphatic carbocycles. The van der Waals surface area contributed by atoms with Crippen molar-refractivity contribution in [1.82, 2.24) is 9.03 Å². The van der Waals surface area contributed by atoms with Crippen LogP contribution in [0.3, 0.4) is 0 Å². The van der Waals surface area contributed by atoms with Crippen LogP contribution >= 0.6 is 0 Å². The summed E-state index contributed by atoms with van der Waals surface area (Å²) in [5.74, 6) is 0.942. The molecule has 6 nitrogen and oxygen atoms in total. The van der Waals surface area contributed by atoms with Gasteiger partial charge in [-0.15, -0.1) is 0 Å². The molecule has 1 saturated heterocycles. The number of alkyl halides is 6. The number of piperidine rings is 1. The molecule has 0 bridgehead atoms. The molecule has 0 aromatic carbocycles. The van der Waals surface area contributed by atoms with E-state index in [0.717, 1.165) is 5.92 Å². The van der Waals surface area contributed by atoms with Crippen LogP contribution in [-0.4, -0.2) is 52.4 Å². The summed E-state index contributed by atoms with van der Waals surface area (Å²) in [6, 6.07) is 0. The Morgan fingerprint density at radius 1 is 0.765 bits per heavy atom. The van der Waals surface area contributed by atoms with E-state index in [1.807, 2.05) is 0 Å². The number of nitrogens with zero attached hydrogens (tertiary/aromatic N) is 1. The first-order valence-electron chi connectivity index (χ1n) is 11.7. The molecule has 1 rings (SSSR count). The van der Waals surface area contributed by atoms with Crippen LogP contribution in [-0.2, 0) is 20.0 Å². The molecular formula is C20H38F6N2O4S2. The SMILES string of the molecule is CCCCCCCCCCCCN1CCCC(C)C1.O=S(=O)(NS(=O)(=O)C(F)(F)F)C(F)(F)F. The predicted molar refractivity (Wildman–Crippen MR) is 120 cm³/mol. The van der Waals surface area contributed by atoms with Crippen LogP contribution in [0, 0.1) is 5.92 Å². The Kier molecular flexibility index (Phi) is 15.2. The average Bonchev–Trinajstić information content (AvgIpc) is 2.67. The standard InChI is InChI=1S/C18H37N.C2HF6NO4S2/c1-3-4-5-6-7-8-9-10-11-12-15-19-16-13-14-18(2)17-19;3-1(4,5)14(10,11)9-15(12,13)2(6,7)8/h18H,3-17H2,1-2H3;9H. The molecule has 34 heavy (non-hydrogen) atoms. The van der Waals surface area contributed by atoms with Crippen LogP contribution in [0.15, 0.2) is 0 Å². The maximum absolute atomic E-state index is 11.5. The van der Waals surface area contributed by atoms with Crippen LogP contribution in [0.4, 0.5) is 26.3 Å². The van der Waals surface area contributed by atoms with Crippen molar-refractivity contribution in [2.24, 2.45) is 5.92 Å². The van der Waals surface area contributed by atoms with Gasteiger partial charge in [-0.05, 0) is 38.3 Å². The number of rotatable bonds is 13. The fraction of sp³-hybridized carbons (Fsp3) is 1.00. The molecule has 1 aliphatic rings. The van der Waals surface area contributed by atoms with E-state index in [9.17, 15) is 43.2 Å². The first-order valence-corrected chi connectivity index (χ1v) is 14.6. The summed E-state index contributed by atoms with van der Waals surface area (Å²) in [5.41, 5.74) is -12.3. The Labute approximate surface area is 199 Å². The van der Waals surface area contributed by atoms with E-state index < -0.39 is 35.2 Å². The molecule has 1 N–H and O–H groups in total. The number of sulfonamides is 2. The zero-order valence-electron chi connectivity index (χ0n) is 19.8. The van der Waals surface area contributed by atoms with Gasteiger partial charge < -0.3 is 4.90 Å². The summed E-state index contributed by atoms with van der Waals surface area (Å²) in [6.45, 7) is 8.79. The lowest BCUT2D eigenvalue weighted by Crippen LogP contribution is -2.45. The highest BCUT2D eigenvalue weighted by atomic mass is 32.3. The summed E-state index contributed by atoms with van der Waals surface area (Å²) in [7, 11) is -13.2. The minimum atomic E-state index is -6.60. The number of unbranched alkanes of at least 4 members (excludes halogenated alkanes) is 9. The Morgan fingerprint density at radius 3 is 1.56 bits per heavy atom. The van der Waals surface area contributed by atoms with Crippen LogP contribution < -0.4 is 4.13 Å². The highest BCUT2D eigenvalue weighted by Crippen LogP contribution is 2.27. The fourth-order valence-corrected chi connectivity index (χ4v) is 5.46. The quantitative estimate of drug-likeness (QED) is 0.228. The number of hydrogen-bond acceptors (Lipinski definition) is 5. The van der Waals surface area contributed by atoms with Crippen molar-refractivity contribution in [3.05, 3.63) is 0 Å². The molecular weight excluding hydrogens is 510 g/mol. The third-order valence-corrected chi connectivity index (χ3v) is 8.37. The van der Waals surface area contributed by atoms with Crippen molar-refractivity contribution in [3.63, 3.8) is 0 Å². The first kappa shape index (κ1) is 33.4. The lowest BCUT2D eigenvalue weighted by Gasteiger charge is -2.30. The summed E-state index contributed by atoms with van der Waals surface area (Å²) in [6.07, 6.45) is 17.4. The molecule has 0 spiro atoms. The molecule has 1 fully saturated rings. The molecule has 0 aromatic rings. The van der Waals surface area contributed by atoms with Crippen LogP contribution in [0.2, 0.25) is 0 Å². The van der Waals surface area contributed by atoms with Gasteiger partial charge in [0.25, 0.3) is 0 Å². The minimum absolute atomic E-state index is 0.493. The number of nitrogens with one attached hydrogen (secondary N) is 1. The Hall–Kier alpha value is -0.600. The second-order valence-corrected chi connectivity index (χ2v) is 12.3. The topological polar surface area (TPSA) is 83.6 Å². The Balaban J connectivity index is 0.000000661. The van der Waals surface area contributed by atoms with Gasteiger partial charge in [0.1, 0.15) is 0 Å². The van der Waals surface area contributed by atoms with E-state index in [4.69, 9.17) is 0 Å². The van der Waals surface area contributed by atoms with Gasteiger partial charge in [-0.3, -0.25) is 0 Å². The van der Waals surface area contributed by atoms with Crippen molar-refractivity contribution in [1.29, 1.82) is 0 Å². The highest BCUT2D eigenvalue weighted by molar-refractivity contribution is 8.05. The third kappa shape index (κ3) is 14.1. The van der Waals surface area contributed by atoms with Crippen molar-refractivity contribution >= 4 is 20.0 Å². The first-order chi connectivity index (χ1) is 15.5. The van der Waals surface area contributed by atoms with Gasteiger partial charge in [-0.25, -0.2) is 16.8 Å². The van der Waals surface area contributed by atoms with Gasteiger partial charge in [0.15, 0.2) is 0 Å². The maximum Gasteiger partial charge on any atom is 0.512 e. The monoisotopic (exact) mass is 548 g/mol. The van der Waals surface area contributed by atoms with Gasteiger partial charge in [-0.2, -0.15) is 26.3 Å². The fourth-order valence-electron chi connectivity index (χ4n) is 3.55. The summed E-state index contributed by atoms with van der Waals surface area (Å²) in [4.78, 5) is 2.69. The molecule has 1 unspecified atom stereocenters. The van der Waals surface area contributed by atoms with Crippen LogP contribution in [0.5, 0.6) is 0 Å². The maximum atomic E-state index is 11.5. The summed E-state index contributed by atoms with van der Waals surface area (Å²) >= 11 is 0. The second kappa shape index (κ2) is 15.5. The normalized spacial score (nSPS) is 18.4. The molecule has 0 saturated carbocycles. The van der Waals surface area contributed by atoms with Gasteiger partial charge in [0.2, 0.25) is 0 Å². The van der Waals surface area contributed by atoms with Crippen LogP contribution in [0.25, 0.3) is 0 Å². The Morgan fingerprint density at radius 2 is 1.18 bits per heavy atom. The molecule has 206 valence electrons. The zero-order valence-corrected chi connectivity index (χ0v) is 21.5. The predicted octanol–water partition coefficient (Wildman–Crippen LogP) is 5.91. The number of hydrogen-bond donors (Lipinski definition) is 1. The molecule has 0 radical (unpaired) electrons. The molecule has 1 aliphatic heterocycles. The Bertz CT molecular complexity index is 714. The van der Waals surface area contributed by atoms with Crippen molar-refractivity contribution < 1.29 is 43.2 Å². The summed E-state index contributed by atoms with van der Waals surface area (Å²) < 4.78 is 108.